The van der Waals surface area contributed by atoms with E-state index >= 15 is 0 Å². The third kappa shape index (κ3) is 2.84. The van der Waals surface area contributed by atoms with Crippen molar-refractivity contribution in [1.82, 2.24) is 10.5 Å². The molecule has 0 aliphatic carbocycles. The van der Waals surface area contributed by atoms with Crippen molar-refractivity contribution in [2.75, 3.05) is 5.32 Å². The molecule has 5 heteroatoms. The first-order chi connectivity index (χ1) is 7.84. The molecule has 0 aliphatic heterocycles. The lowest BCUT2D eigenvalue weighted by Crippen LogP contribution is -2.27. The maximum absolute atomic E-state index is 11.4. The molecule has 2 aromatic rings. The van der Waals surface area contributed by atoms with Crippen LogP contribution in [-0.2, 0) is 6.54 Å². The Bertz CT molecular complexity index is 440. The average molecular weight is 217 g/mol. The summed E-state index contributed by atoms with van der Waals surface area (Å²) in [6.07, 6.45) is 2.80. The Morgan fingerprint density at radius 2 is 2.12 bits per heavy atom. The molecule has 0 unspecified atom stereocenters. The number of urea groups is 1. The fourth-order valence-electron chi connectivity index (χ4n) is 1.22. The highest BCUT2D eigenvalue weighted by Crippen LogP contribution is 2.03. The number of benzene rings is 1. The van der Waals surface area contributed by atoms with Gasteiger partial charge < -0.3 is 15.2 Å². The number of rotatable bonds is 3. The summed E-state index contributed by atoms with van der Waals surface area (Å²) in [4.78, 5) is 11.4. The number of amides is 2. The largest absolute Gasteiger partial charge is 0.363 e. The second-order valence-electron chi connectivity index (χ2n) is 3.21. The molecule has 2 N–H and O–H groups in total. The van der Waals surface area contributed by atoms with Crippen molar-refractivity contribution < 1.29 is 9.32 Å². The maximum atomic E-state index is 11.4. The Labute approximate surface area is 92.4 Å². The van der Waals surface area contributed by atoms with Crippen LogP contribution >= 0.6 is 0 Å². The van der Waals surface area contributed by atoms with E-state index in [2.05, 4.69) is 20.3 Å². The van der Waals surface area contributed by atoms with E-state index in [0.717, 1.165) is 5.56 Å². The summed E-state index contributed by atoms with van der Waals surface area (Å²) >= 11 is 0. The van der Waals surface area contributed by atoms with Gasteiger partial charge in [-0.05, 0) is 5.56 Å². The van der Waals surface area contributed by atoms with Gasteiger partial charge in [0, 0.05) is 6.54 Å². The Morgan fingerprint density at radius 1 is 1.31 bits per heavy atom. The van der Waals surface area contributed by atoms with Crippen molar-refractivity contribution >= 4 is 11.7 Å². The van der Waals surface area contributed by atoms with E-state index < -0.39 is 0 Å². The van der Waals surface area contributed by atoms with E-state index in [9.17, 15) is 4.79 Å². The van der Waals surface area contributed by atoms with Crippen LogP contribution in [0.3, 0.4) is 0 Å². The summed E-state index contributed by atoms with van der Waals surface area (Å²) in [6, 6.07) is 9.39. The summed E-state index contributed by atoms with van der Waals surface area (Å²) in [5.41, 5.74) is 1.58. The van der Waals surface area contributed by atoms with Gasteiger partial charge in [0.2, 0.25) is 0 Å². The first kappa shape index (κ1) is 10.2. The minimum absolute atomic E-state index is 0.285. The lowest BCUT2D eigenvalue weighted by molar-refractivity contribution is 0.251. The van der Waals surface area contributed by atoms with E-state index in [4.69, 9.17) is 0 Å². The zero-order valence-corrected chi connectivity index (χ0v) is 8.51. The van der Waals surface area contributed by atoms with Crippen LogP contribution < -0.4 is 10.6 Å². The van der Waals surface area contributed by atoms with Gasteiger partial charge in [0.25, 0.3) is 0 Å². The molecule has 2 rings (SSSR count). The molecule has 82 valence electrons. The minimum Gasteiger partial charge on any atom is -0.363 e. The molecule has 0 bridgehead atoms. The van der Waals surface area contributed by atoms with Gasteiger partial charge in [-0.3, -0.25) is 0 Å². The van der Waals surface area contributed by atoms with E-state index in [0.29, 0.717) is 12.2 Å². The average Bonchev–Trinajstić information content (AvgIpc) is 2.81. The number of hydrogen-bond donors (Lipinski definition) is 2. The first-order valence-corrected chi connectivity index (χ1v) is 4.83. The highest BCUT2D eigenvalue weighted by Gasteiger charge is 2.02. The molecule has 5 nitrogen and oxygen atoms in total. The molecule has 0 fully saturated rings. The van der Waals surface area contributed by atoms with Gasteiger partial charge in [0.15, 0.2) is 0 Å². The molecule has 0 atom stereocenters. The van der Waals surface area contributed by atoms with E-state index in [1.165, 1.54) is 12.5 Å². The minimum atomic E-state index is -0.285. The number of anilines is 1. The van der Waals surface area contributed by atoms with Crippen molar-refractivity contribution in [2.45, 2.75) is 6.54 Å². The Hall–Kier alpha value is -2.30. The van der Waals surface area contributed by atoms with Crippen LogP contribution in [0, 0.1) is 0 Å². The summed E-state index contributed by atoms with van der Waals surface area (Å²) in [5, 5.41) is 8.78. The van der Waals surface area contributed by atoms with Gasteiger partial charge in [-0.15, -0.1) is 0 Å². The van der Waals surface area contributed by atoms with Gasteiger partial charge >= 0.3 is 6.03 Å². The summed E-state index contributed by atoms with van der Waals surface area (Å²) in [6.45, 7) is 0.484. The van der Waals surface area contributed by atoms with Gasteiger partial charge in [-0.2, -0.15) is 0 Å². The summed E-state index contributed by atoms with van der Waals surface area (Å²) in [5.74, 6) is 0. The zero-order chi connectivity index (χ0) is 11.2. The molecule has 0 radical (unpaired) electrons. The van der Waals surface area contributed by atoms with Crippen molar-refractivity contribution in [3.05, 3.63) is 48.4 Å². The Balaban J connectivity index is 1.80. The number of carbonyl (C=O) groups is 1. The van der Waals surface area contributed by atoms with Crippen LogP contribution in [0.5, 0.6) is 0 Å². The topological polar surface area (TPSA) is 67.2 Å². The predicted molar refractivity (Wildman–Crippen MR) is 58.8 cm³/mol. The molecular formula is C11H11N3O2. The van der Waals surface area contributed by atoms with E-state index in [-0.39, 0.29) is 6.03 Å². The lowest BCUT2D eigenvalue weighted by atomic mass is 10.2. The molecule has 2 amide bonds. The molecular weight excluding hydrogens is 206 g/mol. The fourth-order valence-corrected chi connectivity index (χ4v) is 1.22. The maximum Gasteiger partial charge on any atom is 0.319 e. The molecule has 1 heterocycles. The van der Waals surface area contributed by atoms with E-state index in [1.54, 1.807) is 0 Å². The van der Waals surface area contributed by atoms with Crippen LogP contribution in [0.25, 0.3) is 0 Å². The van der Waals surface area contributed by atoms with Crippen molar-refractivity contribution in [2.24, 2.45) is 0 Å². The molecule has 0 spiro atoms. The summed E-state index contributed by atoms with van der Waals surface area (Å²) in [7, 11) is 0. The third-order valence-corrected chi connectivity index (χ3v) is 1.99. The second-order valence-corrected chi connectivity index (χ2v) is 3.21. The van der Waals surface area contributed by atoms with Crippen molar-refractivity contribution in [3.63, 3.8) is 0 Å². The second kappa shape index (κ2) is 4.97. The number of hydrogen-bond acceptors (Lipinski definition) is 3. The smallest absolute Gasteiger partial charge is 0.319 e. The monoisotopic (exact) mass is 217 g/mol. The first-order valence-electron chi connectivity index (χ1n) is 4.83. The van der Waals surface area contributed by atoms with E-state index in [1.807, 2.05) is 30.3 Å². The van der Waals surface area contributed by atoms with Crippen LogP contribution in [0.15, 0.2) is 47.3 Å². The standard InChI is InChI=1S/C11H11N3O2/c15-11(14-10-7-13-16-8-10)12-6-9-4-2-1-3-5-9/h1-5,7-8H,6H2,(H2,12,14,15). The molecule has 0 aliphatic rings. The molecule has 0 saturated carbocycles. The van der Waals surface area contributed by atoms with Gasteiger partial charge in [0.1, 0.15) is 12.0 Å². The number of nitrogens with zero attached hydrogens (tertiary/aromatic N) is 1. The molecule has 0 saturated heterocycles. The van der Waals surface area contributed by atoms with Crippen molar-refractivity contribution in [3.8, 4) is 0 Å². The zero-order valence-electron chi connectivity index (χ0n) is 8.51. The van der Waals surface area contributed by atoms with Gasteiger partial charge in [0.05, 0.1) is 6.20 Å². The molecule has 16 heavy (non-hydrogen) atoms. The Kier molecular flexibility index (Phi) is 3.18. The van der Waals surface area contributed by atoms with Gasteiger partial charge in [-0.25, -0.2) is 4.79 Å². The number of nitrogens with one attached hydrogen (secondary N) is 2. The van der Waals surface area contributed by atoms with Crippen LogP contribution in [0.4, 0.5) is 10.5 Å². The Morgan fingerprint density at radius 3 is 2.81 bits per heavy atom. The number of carbonyl (C=O) groups excluding carboxylic acids is 1. The lowest BCUT2D eigenvalue weighted by Gasteiger charge is -2.05. The highest BCUT2D eigenvalue weighted by molar-refractivity contribution is 5.88. The SMILES string of the molecule is O=C(NCc1ccccc1)Nc1cnoc1. The van der Waals surface area contributed by atoms with Crippen LogP contribution in [-0.4, -0.2) is 11.2 Å². The van der Waals surface area contributed by atoms with Crippen LogP contribution in [0.1, 0.15) is 5.56 Å². The normalized spacial score (nSPS) is 9.75. The van der Waals surface area contributed by atoms with Gasteiger partial charge in [-0.1, -0.05) is 35.5 Å². The van der Waals surface area contributed by atoms with Crippen LogP contribution in [0.2, 0.25) is 0 Å². The fraction of sp³-hybridized carbons (Fsp3) is 0.0909. The quantitative estimate of drug-likeness (QED) is 0.826. The molecule has 1 aromatic heterocycles. The third-order valence-electron chi connectivity index (χ3n) is 1.99. The molecule has 1 aromatic carbocycles. The summed E-state index contributed by atoms with van der Waals surface area (Å²) < 4.78 is 4.59. The number of aromatic nitrogens is 1. The van der Waals surface area contributed by atoms with Crippen molar-refractivity contribution in [1.29, 1.82) is 0 Å². The highest BCUT2D eigenvalue weighted by atomic mass is 16.5. The predicted octanol–water partition coefficient (Wildman–Crippen LogP) is 2.00.